The van der Waals surface area contributed by atoms with Crippen LogP contribution in [0.2, 0.25) is 0 Å². The summed E-state index contributed by atoms with van der Waals surface area (Å²) in [5.41, 5.74) is -0.534. The van der Waals surface area contributed by atoms with Gasteiger partial charge in [-0.3, -0.25) is 9.59 Å². The second-order valence-corrected chi connectivity index (χ2v) is 7.91. The zero-order chi connectivity index (χ0) is 26.4. The van der Waals surface area contributed by atoms with Crippen LogP contribution in [-0.2, 0) is 33.3 Å². The van der Waals surface area contributed by atoms with Crippen LogP contribution < -0.4 is 4.74 Å². The highest BCUT2D eigenvalue weighted by molar-refractivity contribution is 5.72. The zero-order valence-electron chi connectivity index (χ0n) is 19.7. The molecular weight excluding hydrogens is 487 g/mol. The van der Waals surface area contributed by atoms with Gasteiger partial charge in [0.1, 0.15) is 5.60 Å². The second-order valence-electron chi connectivity index (χ2n) is 7.91. The topological polar surface area (TPSA) is 89.5 Å². The summed E-state index contributed by atoms with van der Waals surface area (Å²) in [6.07, 6.45) is -0.342. The number of carbonyl (C=O) groups is 2. The van der Waals surface area contributed by atoms with Crippen molar-refractivity contribution < 1.29 is 60.0 Å². The predicted molar refractivity (Wildman–Crippen MR) is 110 cm³/mol. The summed E-state index contributed by atoms with van der Waals surface area (Å²) >= 11 is 0. The first-order valence-corrected chi connectivity index (χ1v) is 10.7. The Morgan fingerprint density at radius 3 is 1.31 bits per heavy atom. The van der Waals surface area contributed by atoms with Crippen LogP contribution in [0.15, 0.2) is 0 Å². The quantitative estimate of drug-likeness (QED) is 0.0824. The second kappa shape index (κ2) is 15.6. The molecule has 0 bridgehead atoms. The van der Waals surface area contributed by atoms with E-state index >= 15 is 0 Å². The van der Waals surface area contributed by atoms with E-state index < -0.39 is 52.8 Å². The summed E-state index contributed by atoms with van der Waals surface area (Å²) in [5.74, 6) is -14.5. The summed E-state index contributed by atoms with van der Waals surface area (Å²) < 4.78 is 96.2. The molecule has 0 aliphatic heterocycles. The van der Waals surface area contributed by atoms with Gasteiger partial charge in [-0.15, -0.1) is 0 Å². The molecule has 200 valence electrons. The minimum atomic E-state index is -2.35. The molecule has 0 heterocycles. The van der Waals surface area contributed by atoms with Crippen molar-refractivity contribution in [2.24, 2.45) is 0 Å². The molecule has 0 spiro atoms. The molecule has 8 nitrogen and oxygen atoms in total. The Morgan fingerprint density at radius 2 is 0.914 bits per heavy atom. The van der Waals surface area contributed by atoms with E-state index in [2.05, 4.69) is 4.74 Å². The summed E-state index contributed by atoms with van der Waals surface area (Å²) in [7, 11) is 0. The maximum absolute atomic E-state index is 13.5. The maximum atomic E-state index is 13.5. The molecule has 0 unspecified atom stereocenters. The molecule has 0 atom stereocenters. The molecule has 0 amide bonds. The number of halogens is 5. The average Bonchev–Trinajstić information content (AvgIpc) is 2.78. The number of rotatable bonds is 16. The van der Waals surface area contributed by atoms with Crippen LogP contribution in [0.1, 0.15) is 33.6 Å². The molecule has 0 fully saturated rings. The lowest BCUT2D eigenvalue weighted by atomic mass is 10.2. The highest BCUT2D eigenvalue weighted by Crippen LogP contribution is 2.29. The summed E-state index contributed by atoms with van der Waals surface area (Å²) in [6.45, 7) is 6.70. The van der Waals surface area contributed by atoms with Crippen molar-refractivity contribution in [1.82, 2.24) is 0 Å². The van der Waals surface area contributed by atoms with E-state index in [4.69, 9.17) is 23.7 Å². The third kappa shape index (κ3) is 12.3. The number of esters is 2. The van der Waals surface area contributed by atoms with Crippen molar-refractivity contribution in [3.8, 4) is 5.75 Å². The van der Waals surface area contributed by atoms with Crippen LogP contribution in [0, 0.1) is 29.1 Å². The van der Waals surface area contributed by atoms with Gasteiger partial charge in [-0.25, -0.2) is 13.2 Å². The number of carbonyl (C=O) groups excluding carboxylic acids is 2. The van der Waals surface area contributed by atoms with Gasteiger partial charge in [0.05, 0.1) is 65.7 Å². The van der Waals surface area contributed by atoms with Crippen molar-refractivity contribution in [2.75, 3.05) is 52.9 Å². The number of hydrogen-bond acceptors (Lipinski definition) is 8. The van der Waals surface area contributed by atoms with Crippen LogP contribution in [-0.4, -0.2) is 70.4 Å². The molecule has 0 saturated heterocycles. The fraction of sp³-hybridized carbons (Fsp3) is 0.636. The number of ether oxygens (including phenoxy) is 6. The lowest BCUT2D eigenvalue weighted by Gasteiger charge is -2.19. The van der Waals surface area contributed by atoms with E-state index in [1.165, 1.54) is 0 Å². The highest BCUT2D eigenvalue weighted by atomic mass is 19.2. The van der Waals surface area contributed by atoms with Crippen molar-refractivity contribution in [2.45, 2.75) is 39.2 Å². The smallest absolute Gasteiger partial charge is 0.313 e. The molecule has 13 heteroatoms. The third-order valence-electron chi connectivity index (χ3n) is 3.82. The Morgan fingerprint density at radius 1 is 0.571 bits per heavy atom. The number of hydrogen-bond donors (Lipinski definition) is 0. The molecule has 1 rings (SSSR count). The summed E-state index contributed by atoms with van der Waals surface area (Å²) in [4.78, 5) is 23.0. The van der Waals surface area contributed by atoms with Crippen molar-refractivity contribution in [1.29, 1.82) is 0 Å². The van der Waals surface area contributed by atoms with Crippen LogP contribution in [0.25, 0.3) is 0 Å². The molecule has 0 aromatic heterocycles. The first-order chi connectivity index (χ1) is 16.4. The monoisotopic (exact) mass is 516 g/mol. The van der Waals surface area contributed by atoms with Gasteiger partial charge in [0.25, 0.3) is 0 Å². The molecular formula is C22H29F5O8. The van der Waals surface area contributed by atoms with Crippen molar-refractivity contribution in [3.05, 3.63) is 29.1 Å². The normalized spacial score (nSPS) is 11.5. The Hall–Kier alpha value is -2.35. The average molecular weight is 516 g/mol. The Bertz CT molecular complexity index is 800. The summed E-state index contributed by atoms with van der Waals surface area (Å²) in [6, 6.07) is 0. The van der Waals surface area contributed by atoms with E-state index in [0.29, 0.717) is 13.2 Å². The Balaban J connectivity index is 2.01. The molecule has 0 radical (unpaired) electrons. The SMILES string of the molecule is CC(C)(C)OC(=O)CCOCCOCCOCCOCCC(=O)Oc1c(F)c(F)c(F)c(F)c1F. The van der Waals surface area contributed by atoms with E-state index in [1.54, 1.807) is 20.8 Å². The standard InChI is InChI=1S/C22H29F5O8/c1-22(2,3)35-15(29)5-7-31-9-11-33-13-12-32-10-8-30-6-4-14(28)34-21-19(26)17(24)16(23)18(25)20(21)27/h4-13H2,1-3H3. The fourth-order valence-electron chi connectivity index (χ4n) is 2.30. The first-order valence-electron chi connectivity index (χ1n) is 10.7. The van der Waals surface area contributed by atoms with Crippen LogP contribution in [0.4, 0.5) is 22.0 Å². The Kier molecular flexibility index (Phi) is 13.7. The maximum Gasteiger partial charge on any atom is 0.313 e. The van der Waals surface area contributed by atoms with Gasteiger partial charge in [-0.1, -0.05) is 0 Å². The van der Waals surface area contributed by atoms with E-state index in [1.807, 2.05) is 0 Å². The molecule has 0 saturated carbocycles. The van der Waals surface area contributed by atoms with Gasteiger partial charge >= 0.3 is 11.9 Å². The fourth-order valence-corrected chi connectivity index (χ4v) is 2.30. The molecule has 1 aromatic carbocycles. The molecule has 0 N–H and O–H groups in total. The van der Waals surface area contributed by atoms with Gasteiger partial charge in [0.15, 0.2) is 0 Å². The Labute approximate surface area is 199 Å². The van der Waals surface area contributed by atoms with Crippen molar-refractivity contribution in [3.63, 3.8) is 0 Å². The minimum Gasteiger partial charge on any atom is -0.460 e. The summed E-state index contributed by atoms with van der Waals surface area (Å²) in [5, 5.41) is 0. The predicted octanol–water partition coefficient (Wildman–Crippen LogP) is 3.48. The van der Waals surface area contributed by atoms with Crippen molar-refractivity contribution >= 4 is 11.9 Å². The lowest BCUT2D eigenvalue weighted by molar-refractivity contribution is -0.156. The van der Waals surface area contributed by atoms with E-state index in [-0.39, 0.29) is 52.0 Å². The highest BCUT2D eigenvalue weighted by Gasteiger charge is 2.28. The van der Waals surface area contributed by atoms with Gasteiger partial charge in [0.2, 0.25) is 34.8 Å². The zero-order valence-corrected chi connectivity index (χ0v) is 19.7. The lowest BCUT2D eigenvalue weighted by Crippen LogP contribution is -2.24. The van der Waals surface area contributed by atoms with Crippen LogP contribution in [0.3, 0.4) is 0 Å². The molecule has 35 heavy (non-hydrogen) atoms. The van der Waals surface area contributed by atoms with E-state index in [0.717, 1.165) is 0 Å². The van der Waals surface area contributed by atoms with Gasteiger partial charge in [-0.05, 0) is 20.8 Å². The van der Waals surface area contributed by atoms with Gasteiger partial charge in [-0.2, -0.15) is 8.78 Å². The molecule has 0 aliphatic carbocycles. The minimum absolute atomic E-state index is 0.0730. The molecule has 0 aliphatic rings. The van der Waals surface area contributed by atoms with Gasteiger partial charge in [0, 0.05) is 0 Å². The number of benzene rings is 1. The van der Waals surface area contributed by atoms with Crippen LogP contribution >= 0.6 is 0 Å². The third-order valence-corrected chi connectivity index (χ3v) is 3.82. The van der Waals surface area contributed by atoms with E-state index in [9.17, 15) is 31.5 Å². The largest absolute Gasteiger partial charge is 0.460 e. The molecule has 1 aromatic rings. The van der Waals surface area contributed by atoms with Crippen LogP contribution in [0.5, 0.6) is 5.75 Å². The van der Waals surface area contributed by atoms with Gasteiger partial charge < -0.3 is 28.4 Å². The first kappa shape index (κ1) is 30.7.